The SMILES string of the molecule is O=C(O)CSc1nc2ccc(F)c(F)c2n1CC1CC1. The van der Waals surface area contributed by atoms with Crippen LogP contribution in [0.3, 0.4) is 0 Å². The fourth-order valence-electron chi connectivity index (χ4n) is 2.10. The molecule has 0 unspecified atom stereocenters. The van der Waals surface area contributed by atoms with Crippen LogP contribution in [0.1, 0.15) is 12.8 Å². The van der Waals surface area contributed by atoms with Gasteiger partial charge in [0.05, 0.1) is 11.3 Å². The second kappa shape index (κ2) is 5.05. The number of nitrogens with zero attached hydrogens (tertiary/aromatic N) is 2. The summed E-state index contributed by atoms with van der Waals surface area (Å²) in [4.78, 5) is 14.9. The summed E-state index contributed by atoms with van der Waals surface area (Å²) in [6, 6.07) is 2.46. The van der Waals surface area contributed by atoms with Crippen molar-refractivity contribution in [3.8, 4) is 0 Å². The molecular formula is C13H12F2N2O2S. The largest absolute Gasteiger partial charge is 0.481 e. The number of benzene rings is 1. The van der Waals surface area contributed by atoms with Gasteiger partial charge in [-0.1, -0.05) is 11.8 Å². The Morgan fingerprint density at radius 2 is 2.20 bits per heavy atom. The normalized spacial score (nSPS) is 14.9. The van der Waals surface area contributed by atoms with E-state index in [1.54, 1.807) is 4.57 Å². The van der Waals surface area contributed by atoms with E-state index < -0.39 is 17.6 Å². The molecule has 0 amide bonds. The maximum Gasteiger partial charge on any atom is 0.313 e. The molecule has 1 fully saturated rings. The van der Waals surface area contributed by atoms with Gasteiger partial charge >= 0.3 is 5.97 Å². The van der Waals surface area contributed by atoms with Crippen molar-refractivity contribution in [2.24, 2.45) is 5.92 Å². The number of hydrogen-bond donors (Lipinski definition) is 1. The molecule has 1 saturated carbocycles. The molecule has 0 radical (unpaired) electrons. The summed E-state index contributed by atoms with van der Waals surface area (Å²) in [6.45, 7) is 0.554. The molecule has 7 heteroatoms. The predicted molar refractivity (Wildman–Crippen MR) is 70.7 cm³/mol. The van der Waals surface area contributed by atoms with Crippen molar-refractivity contribution < 1.29 is 18.7 Å². The lowest BCUT2D eigenvalue weighted by Crippen LogP contribution is -2.05. The second-order valence-electron chi connectivity index (χ2n) is 4.86. The van der Waals surface area contributed by atoms with Crippen LogP contribution < -0.4 is 0 Å². The van der Waals surface area contributed by atoms with Crippen molar-refractivity contribution in [2.75, 3.05) is 5.75 Å². The molecule has 1 aromatic heterocycles. The molecule has 1 N–H and O–H groups in total. The molecule has 2 aromatic rings. The number of hydrogen-bond acceptors (Lipinski definition) is 3. The standard InChI is InChI=1S/C13H12F2N2O2S/c14-8-3-4-9-12(11(8)15)17(5-7-1-2-7)13(16-9)20-6-10(18)19/h3-4,7H,1-2,5-6H2,(H,18,19). The van der Waals surface area contributed by atoms with E-state index in [1.807, 2.05) is 0 Å². The fraction of sp³-hybridized carbons (Fsp3) is 0.385. The molecule has 0 aliphatic heterocycles. The van der Waals surface area contributed by atoms with Crippen LogP contribution in [0.15, 0.2) is 17.3 Å². The first-order valence-electron chi connectivity index (χ1n) is 6.25. The van der Waals surface area contributed by atoms with Crippen LogP contribution in [0.2, 0.25) is 0 Å². The summed E-state index contributed by atoms with van der Waals surface area (Å²) < 4.78 is 29.0. The quantitative estimate of drug-likeness (QED) is 0.862. The van der Waals surface area contributed by atoms with Crippen LogP contribution in [0, 0.1) is 17.6 Å². The Morgan fingerprint density at radius 1 is 1.45 bits per heavy atom. The van der Waals surface area contributed by atoms with Crippen molar-refractivity contribution in [1.82, 2.24) is 9.55 Å². The Kier molecular flexibility index (Phi) is 3.37. The molecule has 0 atom stereocenters. The Balaban J connectivity index is 2.07. The minimum absolute atomic E-state index is 0.129. The Bertz CT molecular complexity index is 683. The summed E-state index contributed by atoms with van der Waals surface area (Å²) in [5, 5.41) is 9.17. The second-order valence-corrected chi connectivity index (χ2v) is 5.80. The van der Waals surface area contributed by atoms with Gasteiger partial charge in [0, 0.05) is 6.54 Å². The number of aliphatic carboxylic acids is 1. The first-order valence-corrected chi connectivity index (χ1v) is 7.23. The van der Waals surface area contributed by atoms with E-state index in [-0.39, 0.29) is 11.3 Å². The first kappa shape index (κ1) is 13.4. The van der Waals surface area contributed by atoms with E-state index in [4.69, 9.17) is 5.11 Å². The molecular weight excluding hydrogens is 286 g/mol. The lowest BCUT2D eigenvalue weighted by atomic mass is 10.3. The van der Waals surface area contributed by atoms with Gasteiger partial charge in [0.1, 0.15) is 5.52 Å². The fourth-order valence-corrected chi connectivity index (χ4v) is 2.84. The van der Waals surface area contributed by atoms with Crippen molar-refractivity contribution in [3.63, 3.8) is 0 Å². The number of aromatic nitrogens is 2. The number of carboxylic acids is 1. The van der Waals surface area contributed by atoms with Gasteiger partial charge in [-0.25, -0.2) is 13.8 Å². The Hall–Kier alpha value is -1.63. The number of halogens is 2. The third kappa shape index (κ3) is 2.49. The smallest absolute Gasteiger partial charge is 0.313 e. The maximum atomic E-state index is 14.0. The molecule has 0 saturated heterocycles. The van der Waals surface area contributed by atoms with Crippen molar-refractivity contribution in [2.45, 2.75) is 24.5 Å². The van der Waals surface area contributed by atoms with Gasteiger partial charge < -0.3 is 9.67 Å². The zero-order valence-electron chi connectivity index (χ0n) is 10.5. The van der Waals surface area contributed by atoms with E-state index in [2.05, 4.69) is 4.98 Å². The molecule has 20 heavy (non-hydrogen) atoms. The average molecular weight is 298 g/mol. The molecule has 3 rings (SSSR count). The molecule has 106 valence electrons. The van der Waals surface area contributed by atoms with Gasteiger partial charge in [-0.2, -0.15) is 0 Å². The monoisotopic (exact) mass is 298 g/mol. The number of carboxylic acid groups (broad SMARTS) is 1. The molecule has 1 aliphatic rings. The molecule has 4 nitrogen and oxygen atoms in total. The average Bonchev–Trinajstić information content (AvgIpc) is 3.14. The Morgan fingerprint density at radius 3 is 2.85 bits per heavy atom. The van der Waals surface area contributed by atoms with Crippen LogP contribution in [0.5, 0.6) is 0 Å². The van der Waals surface area contributed by atoms with Crippen LogP contribution >= 0.6 is 11.8 Å². The predicted octanol–water partition coefficient (Wildman–Crippen LogP) is 2.90. The number of thioether (sulfide) groups is 1. The van der Waals surface area contributed by atoms with Crippen LogP contribution in [0.4, 0.5) is 8.78 Å². The van der Waals surface area contributed by atoms with Crippen LogP contribution in [0.25, 0.3) is 11.0 Å². The summed E-state index contributed by atoms with van der Waals surface area (Å²) >= 11 is 1.03. The van der Waals surface area contributed by atoms with Crippen LogP contribution in [-0.2, 0) is 11.3 Å². The van der Waals surface area contributed by atoms with Gasteiger partial charge in [0.2, 0.25) is 0 Å². The lowest BCUT2D eigenvalue weighted by Gasteiger charge is -2.07. The van der Waals surface area contributed by atoms with Crippen molar-refractivity contribution in [1.29, 1.82) is 0 Å². The molecule has 1 aliphatic carbocycles. The minimum Gasteiger partial charge on any atom is -0.481 e. The van der Waals surface area contributed by atoms with Gasteiger partial charge in [0.25, 0.3) is 0 Å². The minimum atomic E-state index is -0.966. The van der Waals surface area contributed by atoms with Crippen LogP contribution in [-0.4, -0.2) is 26.4 Å². The molecule has 0 bridgehead atoms. The summed E-state index contributed by atoms with van der Waals surface area (Å²) in [7, 11) is 0. The third-order valence-electron chi connectivity index (χ3n) is 3.23. The van der Waals surface area contributed by atoms with E-state index >= 15 is 0 Å². The molecule has 1 aromatic carbocycles. The highest BCUT2D eigenvalue weighted by Gasteiger charge is 2.26. The zero-order chi connectivity index (χ0) is 14.3. The maximum absolute atomic E-state index is 14.0. The number of fused-ring (bicyclic) bond motifs is 1. The van der Waals surface area contributed by atoms with Gasteiger partial charge in [-0.15, -0.1) is 0 Å². The van der Waals surface area contributed by atoms with Crippen molar-refractivity contribution >= 4 is 28.8 Å². The molecule has 1 heterocycles. The number of rotatable bonds is 5. The van der Waals surface area contributed by atoms with E-state index in [1.165, 1.54) is 6.07 Å². The summed E-state index contributed by atoms with van der Waals surface area (Å²) in [6.07, 6.45) is 2.11. The van der Waals surface area contributed by atoms with E-state index in [0.29, 0.717) is 23.1 Å². The van der Waals surface area contributed by atoms with Gasteiger partial charge in [0.15, 0.2) is 16.8 Å². The number of imidazole rings is 1. The van der Waals surface area contributed by atoms with Gasteiger partial charge in [-0.05, 0) is 30.9 Å². The number of carbonyl (C=O) groups is 1. The Labute approximate surface area is 117 Å². The lowest BCUT2D eigenvalue weighted by molar-refractivity contribution is -0.133. The highest BCUT2D eigenvalue weighted by atomic mass is 32.2. The van der Waals surface area contributed by atoms with Gasteiger partial charge in [-0.3, -0.25) is 4.79 Å². The topological polar surface area (TPSA) is 55.1 Å². The highest BCUT2D eigenvalue weighted by Crippen LogP contribution is 2.35. The highest BCUT2D eigenvalue weighted by molar-refractivity contribution is 7.99. The van der Waals surface area contributed by atoms with Crippen molar-refractivity contribution in [3.05, 3.63) is 23.8 Å². The molecule has 0 spiro atoms. The summed E-state index contributed by atoms with van der Waals surface area (Å²) in [5.41, 5.74) is 0.488. The zero-order valence-corrected chi connectivity index (χ0v) is 11.3. The van der Waals surface area contributed by atoms with E-state index in [0.717, 1.165) is 30.7 Å². The third-order valence-corrected chi connectivity index (χ3v) is 4.19. The van der Waals surface area contributed by atoms with E-state index in [9.17, 15) is 13.6 Å². The summed E-state index contributed by atoms with van der Waals surface area (Å²) in [5.74, 6) is -2.51. The first-order chi connectivity index (χ1) is 9.56.